The second kappa shape index (κ2) is 4.94. The second-order valence-electron chi connectivity index (χ2n) is 3.33. The summed E-state index contributed by atoms with van der Waals surface area (Å²) in [6.45, 7) is 1.56. The number of aromatic nitrogens is 1. The Labute approximate surface area is 98.7 Å². The molecular weight excluding hydrogens is 218 g/mol. The fourth-order valence-corrected chi connectivity index (χ4v) is 2.29. The molecule has 2 aromatic rings. The van der Waals surface area contributed by atoms with Crippen LogP contribution in [0.5, 0.6) is 0 Å². The Morgan fingerprint density at radius 3 is 2.56 bits per heavy atom. The van der Waals surface area contributed by atoms with Crippen LogP contribution in [-0.2, 0) is 0 Å². The summed E-state index contributed by atoms with van der Waals surface area (Å²) in [6.07, 6.45) is 1.71. The standard InChI is InChI=1S/C13H11NOS/c1-10(15)12-8-5-9-14-13(12)16-11-6-3-2-4-7-11/h2-9H,1H3. The first kappa shape index (κ1) is 10.9. The van der Waals surface area contributed by atoms with Crippen molar-refractivity contribution in [3.05, 3.63) is 54.2 Å². The van der Waals surface area contributed by atoms with Gasteiger partial charge in [-0.25, -0.2) is 4.98 Å². The maximum atomic E-state index is 11.4. The lowest BCUT2D eigenvalue weighted by Crippen LogP contribution is -1.96. The van der Waals surface area contributed by atoms with Crippen molar-refractivity contribution in [2.24, 2.45) is 0 Å². The van der Waals surface area contributed by atoms with Crippen LogP contribution < -0.4 is 0 Å². The molecule has 2 rings (SSSR count). The number of rotatable bonds is 3. The van der Waals surface area contributed by atoms with E-state index in [1.54, 1.807) is 25.3 Å². The number of benzene rings is 1. The van der Waals surface area contributed by atoms with Crippen molar-refractivity contribution in [3.8, 4) is 0 Å². The normalized spacial score (nSPS) is 10.1. The summed E-state index contributed by atoms with van der Waals surface area (Å²) in [5.74, 6) is 0.0477. The van der Waals surface area contributed by atoms with E-state index in [2.05, 4.69) is 4.98 Å². The molecule has 0 N–H and O–H groups in total. The van der Waals surface area contributed by atoms with Gasteiger partial charge in [0.05, 0.1) is 0 Å². The molecule has 0 saturated carbocycles. The van der Waals surface area contributed by atoms with Crippen LogP contribution in [0.25, 0.3) is 0 Å². The third-order valence-corrected chi connectivity index (χ3v) is 3.13. The maximum absolute atomic E-state index is 11.4. The third-order valence-electron chi connectivity index (χ3n) is 2.11. The van der Waals surface area contributed by atoms with Gasteiger partial charge in [-0.1, -0.05) is 30.0 Å². The number of Topliss-reactive ketones (excluding diaryl/α,β-unsaturated/α-hetero) is 1. The van der Waals surface area contributed by atoms with Crippen molar-refractivity contribution in [3.63, 3.8) is 0 Å². The van der Waals surface area contributed by atoms with Gasteiger partial charge in [-0.15, -0.1) is 0 Å². The molecule has 1 aromatic heterocycles. The van der Waals surface area contributed by atoms with Gasteiger partial charge in [-0.3, -0.25) is 4.79 Å². The first-order chi connectivity index (χ1) is 7.77. The fraction of sp³-hybridized carbons (Fsp3) is 0.0769. The Hall–Kier alpha value is -1.61. The summed E-state index contributed by atoms with van der Waals surface area (Å²) in [5.41, 5.74) is 0.677. The van der Waals surface area contributed by atoms with Gasteiger partial charge in [0.1, 0.15) is 5.03 Å². The van der Waals surface area contributed by atoms with Gasteiger partial charge in [0.15, 0.2) is 5.78 Å². The number of ketones is 1. The topological polar surface area (TPSA) is 30.0 Å². The number of hydrogen-bond acceptors (Lipinski definition) is 3. The van der Waals surface area contributed by atoms with E-state index in [1.165, 1.54) is 11.8 Å². The first-order valence-electron chi connectivity index (χ1n) is 4.96. The summed E-state index contributed by atoms with van der Waals surface area (Å²) < 4.78 is 0. The van der Waals surface area contributed by atoms with Gasteiger partial charge in [-0.05, 0) is 31.2 Å². The zero-order valence-electron chi connectivity index (χ0n) is 8.88. The molecule has 0 aliphatic heterocycles. The highest BCUT2D eigenvalue weighted by atomic mass is 32.2. The molecule has 0 bridgehead atoms. The van der Waals surface area contributed by atoms with Gasteiger partial charge < -0.3 is 0 Å². The molecule has 80 valence electrons. The van der Waals surface area contributed by atoms with Gasteiger partial charge in [-0.2, -0.15) is 0 Å². The van der Waals surface area contributed by atoms with Crippen molar-refractivity contribution in [1.29, 1.82) is 0 Å². The number of pyridine rings is 1. The van der Waals surface area contributed by atoms with E-state index in [-0.39, 0.29) is 5.78 Å². The summed E-state index contributed by atoms with van der Waals surface area (Å²) in [4.78, 5) is 16.7. The molecule has 1 aromatic carbocycles. The number of carbonyl (C=O) groups is 1. The van der Waals surface area contributed by atoms with Crippen LogP contribution in [0.1, 0.15) is 17.3 Å². The zero-order chi connectivity index (χ0) is 11.4. The van der Waals surface area contributed by atoms with Crippen LogP contribution in [0.15, 0.2) is 58.6 Å². The molecule has 0 atom stereocenters. The zero-order valence-corrected chi connectivity index (χ0v) is 9.70. The van der Waals surface area contributed by atoms with E-state index < -0.39 is 0 Å². The molecule has 0 fully saturated rings. The van der Waals surface area contributed by atoms with Gasteiger partial charge >= 0.3 is 0 Å². The molecule has 1 heterocycles. The number of hydrogen-bond donors (Lipinski definition) is 0. The van der Waals surface area contributed by atoms with Gasteiger partial charge in [0.25, 0.3) is 0 Å². The molecule has 0 aliphatic rings. The molecule has 0 amide bonds. The SMILES string of the molecule is CC(=O)c1cccnc1Sc1ccccc1. The molecule has 0 radical (unpaired) electrons. The Kier molecular flexibility index (Phi) is 3.37. The monoisotopic (exact) mass is 229 g/mol. The van der Waals surface area contributed by atoms with Crippen molar-refractivity contribution in [1.82, 2.24) is 4.98 Å². The summed E-state index contributed by atoms with van der Waals surface area (Å²) >= 11 is 1.51. The lowest BCUT2D eigenvalue weighted by Gasteiger charge is -2.04. The van der Waals surface area contributed by atoms with Crippen LogP contribution in [0.2, 0.25) is 0 Å². The smallest absolute Gasteiger partial charge is 0.162 e. The van der Waals surface area contributed by atoms with E-state index in [9.17, 15) is 4.79 Å². The minimum absolute atomic E-state index is 0.0477. The minimum atomic E-state index is 0.0477. The first-order valence-corrected chi connectivity index (χ1v) is 5.78. The van der Waals surface area contributed by atoms with Crippen LogP contribution >= 0.6 is 11.8 Å². The number of nitrogens with zero attached hydrogens (tertiary/aromatic N) is 1. The van der Waals surface area contributed by atoms with Crippen LogP contribution in [-0.4, -0.2) is 10.8 Å². The number of carbonyl (C=O) groups excluding carboxylic acids is 1. The summed E-state index contributed by atoms with van der Waals surface area (Å²) in [6, 6.07) is 13.5. The molecule has 0 aliphatic carbocycles. The second-order valence-corrected chi connectivity index (χ2v) is 4.39. The van der Waals surface area contributed by atoms with Crippen LogP contribution in [0.3, 0.4) is 0 Å². The largest absolute Gasteiger partial charge is 0.294 e. The molecule has 0 unspecified atom stereocenters. The Bertz CT molecular complexity index is 496. The van der Waals surface area contributed by atoms with E-state index in [1.807, 2.05) is 30.3 Å². The lowest BCUT2D eigenvalue weighted by molar-refractivity contribution is 0.101. The van der Waals surface area contributed by atoms with E-state index in [0.29, 0.717) is 5.56 Å². The molecule has 3 heteroatoms. The Morgan fingerprint density at radius 1 is 1.12 bits per heavy atom. The Morgan fingerprint density at radius 2 is 1.88 bits per heavy atom. The quantitative estimate of drug-likeness (QED) is 0.755. The van der Waals surface area contributed by atoms with Gasteiger partial charge in [0.2, 0.25) is 0 Å². The maximum Gasteiger partial charge on any atom is 0.162 e. The molecule has 2 nitrogen and oxygen atoms in total. The van der Waals surface area contributed by atoms with E-state index in [0.717, 1.165) is 9.92 Å². The fourth-order valence-electron chi connectivity index (χ4n) is 1.34. The Balaban J connectivity index is 2.31. The predicted octanol–water partition coefficient (Wildman–Crippen LogP) is 3.44. The molecule has 0 spiro atoms. The highest BCUT2D eigenvalue weighted by Crippen LogP contribution is 2.28. The highest BCUT2D eigenvalue weighted by molar-refractivity contribution is 7.99. The molecule has 0 saturated heterocycles. The van der Waals surface area contributed by atoms with Gasteiger partial charge in [0, 0.05) is 16.7 Å². The highest BCUT2D eigenvalue weighted by Gasteiger charge is 2.08. The summed E-state index contributed by atoms with van der Waals surface area (Å²) in [7, 11) is 0. The van der Waals surface area contributed by atoms with Crippen molar-refractivity contribution in [2.75, 3.05) is 0 Å². The molecular formula is C13H11NOS. The van der Waals surface area contributed by atoms with Crippen molar-refractivity contribution < 1.29 is 4.79 Å². The van der Waals surface area contributed by atoms with Crippen LogP contribution in [0, 0.1) is 0 Å². The van der Waals surface area contributed by atoms with E-state index in [4.69, 9.17) is 0 Å². The average Bonchev–Trinajstić information content (AvgIpc) is 2.31. The van der Waals surface area contributed by atoms with E-state index >= 15 is 0 Å². The van der Waals surface area contributed by atoms with Crippen LogP contribution in [0.4, 0.5) is 0 Å². The van der Waals surface area contributed by atoms with Crippen molar-refractivity contribution >= 4 is 17.5 Å². The average molecular weight is 229 g/mol. The minimum Gasteiger partial charge on any atom is -0.294 e. The predicted molar refractivity (Wildman–Crippen MR) is 64.8 cm³/mol. The third kappa shape index (κ3) is 2.49. The van der Waals surface area contributed by atoms with Crippen molar-refractivity contribution in [2.45, 2.75) is 16.8 Å². The summed E-state index contributed by atoms with van der Waals surface area (Å²) in [5, 5.41) is 0.765. The molecule has 16 heavy (non-hydrogen) atoms. The lowest BCUT2D eigenvalue weighted by atomic mass is 10.2.